The van der Waals surface area contributed by atoms with Gasteiger partial charge >= 0.3 is 6.18 Å². The molecule has 2 rings (SSSR count). The molecule has 0 unspecified atom stereocenters. The number of anilines is 1. The molecule has 1 heterocycles. The van der Waals surface area contributed by atoms with Gasteiger partial charge in [-0.1, -0.05) is 12.1 Å². The molecule has 0 atom stereocenters. The van der Waals surface area contributed by atoms with Crippen molar-refractivity contribution in [2.45, 2.75) is 19.1 Å². The maximum Gasteiger partial charge on any atom is 0.412 e. The topological polar surface area (TPSA) is 29.3 Å². The third-order valence-corrected chi connectivity index (χ3v) is 3.19. The summed E-state index contributed by atoms with van der Waals surface area (Å²) >= 11 is 0. The molecule has 0 radical (unpaired) electrons. The van der Waals surface area contributed by atoms with Gasteiger partial charge in [0.05, 0.1) is 0 Å². The Kier molecular flexibility index (Phi) is 3.80. The first-order valence-corrected chi connectivity index (χ1v) is 5.89. The molecule has 2 N–H and O–H groups in total. The molecule has 0 fully saturated rings. The molecular formula is C13H14F4N2. The van der Waals surface area contributed by atoms with E-state index in [2.05, 4.69) is 0 Å². The molecule has 1 aliphatic heterocycles. The second kappa shape index (κ2) is 5.21. The Labute approximate surface area is 108 Å². The lowest BCUT2D eigenvalue weighted by atomic mass is 10.1. The molecule has 2 nitrogen and oxygen atoms in total. The van der Waals surface area contributed by atoms with Crippen LogP contribution < -0.4 is 5.73 Å². The fourth-order valence-electron chi connectivity index (χ4n) is 2.08. The smallest absolute Gasteiger partial charge is 0.398 e. The van der Waals surface area contributed by atoms with Crippen LogP contribution in [-0.2, 0) is 6.54 Å². The second-order valence-corrected chi connectivity index (χ2v) is 4.52. The molecule has 1 aromatic carbocycles. The molecule has 0 aliphatic carbocycles. The molecule has 0 spiro atoms. The zero-order valence-electron chi connectivity index (χ0n) is 10.2. The summed E-state index contributed by atoms with van der Waals surface area (Å²) in [5, 5.41) is 0. The van der Waals surface area contributed by atoms with Gasteiger partial charge in [0.2, 0.25) is 0 Å². The van der Waals surface area contributed by atoms with E-state index in [-0.39, 0.29) is 26.1 Å². The minimum Gasteiger partial charge on any atom is -0.398 e. The van der Waals surface area contributed by atoms with Gasteiger partial charge < -0.3 is 5.73 Å². The van der Waals surface area contributed by atoms with E-state index in [9.17, 15) is 17.6 Å². The first kappa shape index (κ1) is 13.9. The van der Waals surface area contributed by atoms with E-state index in [4.69, 9.17) is 5.73 Å². The Morgan fingerprint density at radius 2 is 2.00 bits per heavy atom. The quantitative estimate of drug-likeness (QED) is 0.510. The SMILES string of the molecule is Nc1cccc(F)c1CN1CC=C(C(F)(F)F)CC1. The first-order chi connectivity index (χ1) is 8.88. The highest BCUT2D eigenvalue weighted by molar-refractivity contribution is 5.47. The molecule has 104 valence electrons. The van der Waals surface area contributed by atoms with Crippen LogP contribution in [0.1, 0.15) is 12.0 Å². The van der Waals surface area contributed by atoms with E-state index < -0.39 is 17.6 Å². The molecule has 0 saturated heterocycles. The summed E-state index contributed by atoms with van der Waals surface area (Å²) in [6.07, 6.45) is -3.18. The zero-order chi connectivity index (χ0) is 14.0. The summed E-state index contributed by atoms with van der Waals surface area (Å²) in [5.74, 6) is -0.425. The van der Waals surface area contributed by atoms with Gasteiger partial charge in [0.1, 0.15) is 5.82 Å². The molecule has 1 aliphatic rings. The minimum absolute atomic E-state index is 0.0716. The number of halogens is 4. The van der Waals surface area contributed by atoms with Crippen LogP contribution in [0.3, 0.4) is 0 Å². The van der Waals surface area contributed by atoms with Gasteiger partial charge in [0.25, 0.3) is 0 Å². The van der Waals surface area contributed by atoms with Crippen molar-refractivity contribution >= 4 is 5.69 Å². The summed E-state index contributed by atoms with van der Waals surface area (Å²) in [7, 11) is 0. The van der Waals surface area contributed by atoms with Crippen LogP contribution in [0.5, 0.6) is 0 Å². The summed E-state index contributed by atoms with van der Waals surface area (Å²) in [6, 6.07) is 4.39. The Morgan fingerprint density at radius 1 is 1.26 bits per heavy atom. The van der Waals surface area contributed by atoms with Crippen LogP contribution in [0.25, 0.3) is 0 Å². The van der Waals surface area contributed by atoms with Crippen LogP contribution >= 0.6 is 0 Å². The molecule has 0 bridgehead atoms. The third-order valence-electron chi connectivity index (χ3n) is 3.19. The number of hydrogen-bond donors (Lipinski definition) is 1. The van der Waals surface area contributed by atoms with Gasteiger partial charge in [-0.15, -0.1) is 0 Å². The fraction of sp³-hybridized carbons (Fsp3) is 0.385. The number of rotatable bonds is 2. The average molecular weight is 274 g/mol. The van der Waals surface area contributed by atoms with Gasteiger partial charge in [-0.3, -0.25) is 4.90 Å². The predicted octanol–water partition coefficient (Wildman–Crippen LogP) is 3.10. The Bertz CT molecular complexity index is 474. The summed E-state index contributed by atoms with van der Waals surface area (Å²) in [4.78, 5) is 1.74. The molecule has 6 heteroatoms. The lowest BCUT2D eigenvalue weighted by Crippen LogP contribution is -2.32. The van der Waals surface area contributed by atoms with Gasteiger partial charge in [-0.25, -0.2) is 4.39 Å². The van der Waals surface area contributed by atoms with E-state index in [0.29, 0.717) is 11.3 Å². The second-order valence-electron chi connectivity index (χ2n) is 4.52. The Balaban J connectivity index is 2.06. The number of alkyl halides is 3. The maximum absolute atomic E-state index is 13.6. The molecule has 1 aromatic rings. The normalized spacial score (nSPS) is 17.4. The van der Waals surface area contributed by atoms with Crippen LogP contribution in [0, 0.1) is 5.82 Å². The van der Waals surface area contributed by atoms with Gasteiger partial charge in [0.15, 0.2) is 0 Å². The van der Waals surface area contributed by atoms with E-state index in [1.165, 1.54) is 12.1 Å². The maximum atomic E-state index is 13.6. The van der Waals surface area contributed by atoms with Crippen molar-refractivity contribution in [3.8, 4) is 0 Å². The Hall–Kier alpha value is -1.56. The van der Waals surface area contributed by atoms with Crippen molar-refractivity contribution in [2.75, 3.05) is 18.8 Å². The van der Waals surface area contributed by atoms with Crippen LogP contribution in [0.15, 0.2) is 29.8 Å². The standard InChI is InChI=1S/C13H14F4N2/c14-11-2-1-3-12(18)10(11)8-19-6-4-9(5-7-19)13(15,16)17/h1-4H,5-8,18H2. The van der Waals surface area contributed by atoms with Gasteiger partial charge in [0, 0.05) is 36.5 Å². The van der Waals surface area contributed by atoms with E-state index in [1.54, 1.807) is 11.0 Å². The summed E-state index contributed by atoms with van der Waals surface area (Å²) in [5.41, 5.74) is 5.83. The van der Waals surface area contributed by atoms with E-state index >= 15 is 0 Å². The monoisotopic (exact) mass is 274 g/mol. The van der Waals surface area contributed by atoms with Crippen molar-refractivity contribution in [2.24, 2.45) is 0 Å². The zero-order valence-corrected chi connectivity index (χ0v) is 10.2. The minimum atomic E-state index is -4.26. The van der Waals surface area contributed by atoms with Crippen molar-refractivity contribution in [1.29, 1.82) is 0 Å². The first-order valence-electron chi connectivity index (χ1n) is 5.89. The van der Waals surface area contributed by atoms with Crippen LogP contribution in [0.4, 0.5) is 23.2 Å². The van der Waals surface area contributed by atoms with Crippen molar-refractivity contribution < 1.29 is 17.6 Å². The average Bonchev–Trinajstić information content (AvgIpc) is 2.33. The molecule has 0 saturated carbocycles. The highest BCUT2D eigenvalue weighted by atomic mass is 19.4. The molecule has 0 aromatic heterocycles. The lowest BCUT2D eigenvalue weighted by molar-refractivity contribution is -0.0960. The number of hydrogen-bond acceptors (Lipinski definition) is 2. The molecule has 19 heavy (non-hydrogen) atoms. The number of benzene rings is 1. The molecule has 0 amide bonds. The van der Waals surface area contributed by atoms with Crippen LogP contribution in [0.2, 0.25) is 0 Å². The highest BCUT2D eigenvalue weighted by Crippen LogP contribution is 2.30. The van der Waals surface area contributed by atoms with Gasteiger partial charge in [-0.2, -0.15) is 13.2 Å². The van der Waals surface area contributed by atoms with E-state index in [1.807, 2.05) is 0 Å². The van der Waals surface area contributed by atoms with Crippen molar-refractivity contribution in [3.63, 3.8) is 0 Å². The molecular weight excluding hydrogens is 260 g/mol. The van der Waals surface area contributed by atoms with Crippen molar-refractivity contribution in [1.82, 2.24) is 4.90 Å². The lowest BCUT2D eigenvalue weighted by Gasteiger charge is -2.27. The van der Waals surface area contributed by atoms with Crippen LogP contribution in [-0.4, -0.2) is 24.2 Å². The van der Waals surface area contributed by atoms with E-state index in [0.717, 1.165) is 6.08 Å². The Morgan fingerprint density at radius 3 is 2.53 bits per heavy atom. The predicted molar refractivity (Wildman–Crippen MR) is 64.8 cm³/mol. The number of nitrogens with two attached hydrogens (primary N) is 1. The number of nitrogens with zero attached hydrogens (tertiary/aromatic N) is 1. The number of nitrogen functional groups attached to an aromatic ring is 1. The fourth-order valence-corrected chi connectivity index (χ4v) is 2.08. The largest absolute Gasteiger partial charge is 0.412 e. The summed E-state index contributed by atoms with van der Waals surface area (Å²) in [6.45, 7) is 0.627. The van der Waals surface area contributed by atoms with Gasteiger partial charge in [-0.05, 0) is 18.6 Å². The summed E-state index contributed by atoms with van der Waals surface area (Å²) < 4.78 is 50.9. The third kappa shape index (κ3) is 3.26. The van der Waals surface area contributed by atoms with Crippen molar-refractivity contribution in [3.05, 3.63) is 41.2 Å². The highest BCUT2D eigenvalue weighted by Gasteiger charge is 2.34.